The van der Waals surface area contributed by atoms with E-state index in [0.717, 1.165) is 30.0 Å². The van der Waals surface area contributed by atoms with Crippen LogP contribution in [0.2, 0.25) is 0 Å². The summed E-state index contributed by atoms with van der Waals surface area (Å²) in [5, 5.41) is 10.9. The van der Waals surface area contributed by atoms with Gasteiger partial charge in [0.1, 0.15) is 17.5 Å². The number of aromatic nitrogens is 3. The van der Waals surface area contributed by atoms with E-state index in [1.54, 1.807) is 34.9 Å². The van der Waals surface area contributed by atoms with Gasteiger partial charge in [0.25, 0.3) is 0 Å². The molecule has 1 aromatic heterocycles. The van der Waals surface area contributed by atoms with Crippen molar-refractivity contribution in [2.75, 3.05) is 11.1 Å². The van der Waals surface area contributed by atoms with Crippen LogP contribution in [0.1, 0.15) is 0 Å². The lowest BCUT2D eigenvalue weighted by Gasteiger charge is -2.11. The Bertz CT molecular complexity index is 1230. The van der Waals surface area contributed by atoms with Crippen LogP contribution in [0, 0.1) is 17.5 Å². The van der Waals surface area contributed by atoms with E-state index in [-0.39, 0.29) is 22.8 Å². The van der Waals surface area contributed by atoms with Gasteiger partial charge >= 0.3 is 0 Å². The van der Waals surface area contributed by atoms with E-state index in [1.165, 1.54) is 6.07 Å². The summed E-state index contributed by atoms with van der Waals surface area (Å²) in [5.41, 5.74) is 0.698. The van der Waals surface area contributed by atoms with E-state index < -0.39 is 23.4 Å². The minimum atomic E-state index is -0.742. The van der Waals surface area contributed by atoms with Crippen LogP contribution in [0.4, 0.5) is 18.9 Å². The first-order chi connectivity index (χ1) is 15.0. The van der Waals surface area contributed by atoms with Crippen LogP contribution in [-0.4, -0.2) is 26.4 Å². The van der Waals surface area contributed by atoms with Gasteiger partial charge in [-0.1, -0.05) is 42.1 Å². The van der Waals surface area contributed by atoms with Crippen molar-refractivity contribution in [2.45, 2.75) is 5.16 Å². The molecule has 0 bridgehead atoms. The number of anilines is 1. The van der Waals surface area contributed by atoms with Gasteiger partial charge in [-0.25, -0.2) is 13.2 Å². The first kappa shape index (κ1) is 20.7. The molecule has 0 aliphatic heterocycles. The smallest absolute Gasteiger partial charge is 0.234 e. The Hall–Kier alpha value is -3.59. The maximum Gasteiger partial charge on any atom is 0.234 e. The SMILES string of the molecule is O=C(CSc1nnc(-c2ccccc2F)n1-c1ccccc1)Nc1cc(F)ccc1F. The number of nitrogens with zero attached hydrogens (tertiary/aromatic N) is 3. The second-order valence-corrected chi connectivity index (χ2v) is 7.36. The molecular formula is C22H15F3N4OS. The molecule has 0 spiro atoms. The standard InChI is InChI=1S/C22H15F3N4OS/c23-14-10-11-18(25)19(12-14)26-20(30)13-31-22-28-27-21(16-8-4-5-9-17(16)24)29(22)15-6-2-1-3-7-15/h1-12H,13H2,(H,26,30). The highest BCUT2D eigenvalue weighted by atomic mass is 32.2. The molecule has 0 aliphatic carbocycles. The number of benzene rings is 3. The first-order valence-corrected chi connectivity index (χ1v) is 10.1. The molecule has 9 heteroatoms. The van der Waals surface area contributed by atoms with Crippen molar-refractivity contribution in [1.82, 2.24) is 14.8 Å². The van der Waals surface area contributed by atoms with Gasteiger partial charge in [-0.05, 0) is 36.4 Å². The molecule has 0 radical (unpaired) electrons. The summed E-state index contributed by atoms with van der Waals surface area (Å²) in [6.45, 7) is 0. The Balaban J connectivity index is 1.61. The third-order valence-electron chi connectivity index (χ3n) is 4.30. The average Bonchev–Trinajstić information content (AvgIpc) is 3.19. The second kappa shape index (κ2) is 9.05. The van der Waals surface area contributed by atoms with Crippen molar-refractivity contribution in [2.24, 2.45) is 0 Å². The van der Waals surface area contributed by atoms with Gasteiger partial charge in [0, 0.05) is 11.8 Å². The Kier molecular flexibility index (Phi) is 6.03. The highest BCUT2D eigenvalue weighted by molar-refractivity contribution is 7.99. The number of halogens is 3. The number of para-hydroxylation sites is 1. The molecule has 0 saturated heterocycles. The fourth-order valence-electron chi connectivity index (χ4n) is 2.90. The molecule has 4 rings (SSSR count). The van der Waals surface area contributed by atoms with Crippen LogP contribution in [0.5, 0.6) is 0 Å². The predicted molar refractivity (Wildman–Crippen MR) is 112 cm³/mol. The van der Waals surface area contributed by atoms with Crippen molar-refractivity contribution in [3.63, 3.8) is 0 Å². The Morgan fingerprint density at radius 3 is 2.42 bits per heavy atom. The van der Waals surface area contributed by atoms with Gasteiger partial charge in [-0.3, -0.25) is 9.36 Å². The number of hydrogen-bond donors (Lipinski definition) is 1. The molecule has 0 aliphatic rings. The van der Waals surface area contributed by atoms with E-state index in [9.17, 15) is 18.0 Å². The van der Waals surface area contributed by atoms with E-state index >= 15 is 0 Å². The maximum atomic E-state index is 14.4. The van der Waals surface area contributed by atoms with Crippen LogP contribution in [-0.2, 0) is 4.79 Å². The molecule has 0 atom stereocenters. The summed E-state index contributed by atoms with van der Waals surface area (Å²) in [5.74, 6) is -2.27. The molecule has 4 aromatic rings. The Morgan fingerprint density at radius 2 is 1.65 bits per heavy atom. The molecule has 0 saturated carbocycles. The molecule has 5 nitrogen and oxygen atoms in total. The van der Waals surface area contributed by atoms with Crippen LogP contribution in [0.25, 0.3) is 17.1 Å². The zero-order valence-electron chi connectivity index (χ0n) is 15.9. The molecule has 0 unspecified atom stereocenters. The number of rotatable bonds is 6. The van der Waals surface area contributed by atoms with Gasteiger partial charge in [0.2, 0.25) is 5.91 Å². The van der Waals surface area contributed by atoms with Gasteiger partial charge in [0.15, 0.2) is 11.0 Å². The molecule has 0 fully saturated rings. The molecule has 31 heavy (non-hydrogen) atoms. The highest BCUT2D eigenvalue weighted by Gasteiger charge is 2.19. The molecule has 156 valence electrons. The highest BCUT2D eigenvalue weighted by Crippen LogP contribution is 2.29. The minimum absolute atomic E-state index is 0.141. The number of carbonyl (C=O) groups excluding carboxylic acids is 1. The van der Waals surface area contributed by atoms with E-state index in [4.69, 9.17) is 0 Å². The van der Waals surface area contributed by atoms with Crippen molar-refractivity contribution in [3.8, 4) is 17.1 Å². The lowest BCUT2D eigenvalue weighted by Crippen LogP contribution is -2.15. The van der Waals surface area contributed by atoms with Gasteiger partial charge in [0.05, 0.1) is 17.0 Å². The summed E-state index contributed by atoms with van der Waals surface area (Å²) in [6, 6.07) is 18.1. The van der Waals surface area contributed by atoms with Gasteiger partial charge in [-0.15, -0.1) is 10.2 Å². The normalized spacial score (nSPS) is 10.8. The largest absolute Gasteiger partial charge is 0.323 e. The third-order valence-corrected chi connectivity index (χ3v) is 5.23. The Labute approximate surface area is 179 Å². The molecule has 1 amide bonds. The first-order valence-electron chi connectivity index (χ1n) is 9.16. The second-order valence-electron chi connectivity index (χ2n) is 6.42. The molecule has 1 heterocycles. The Morgan fingerprint density at radius 1 is 0.903 bits per heavy atom. The number of carbonyl (C=O) groups is 1. The maximum absolute atomic E-state index is 14.4. The summed E-state index contributed by atoms with van der Waals surface area (Å²) < 4.78 is 43.1. The molecular weight excluding hydrogens is 425 g/mol. The number of nitrogens with one attached hydrogen (secondary N) is 1. The lowest BCUT2D eigenvalue weighted by molar-refractivity contribution is -0.113. The number of hydrogen-bond acceptors (Lipinski definition) is 4. The monoisotopic (exact) mass is 440 g/mol. The van der Waals surface area contributed by atoms with Crippen LogP contribution in [0.15, 0.2) is 78.0 Å². The summed E-state index contributed by atoms with van der Waals surface area (Å²) in [6.07, 6.45) is 0. The fourth-order valence-corrected chi connectivity index (χ4v) is 3.65. The summed E-state index contributed by atoms with van der Waals surface area (Å²) in [4.78, 5) is 12.3. The van der Waals surface area contributed by atoms with Crippen molar-refractivity contribution in [3.05, 3.63) is 90.2 Å². The average molecular weight is 440 g/mol. The molecule has 1 N–H and O–H groups in total. The van der Waals surface area contributed by atoms with E-state index in [1.807, 2.05) is 18.2 Å². The molecule has 3 aromatic carbocycles. The van der Waals surface area contributed by atoms with Gasteiger partial charge in [-0.2, -0.15) is 0 Å². The van der Waals surface area contributed by atoms with E-state index in [2.05, 4.69) is 15.5 Å². The minimum Gasteiger partial charge on any atom is -0.323 e. The fraction of sp³-hybridized carbons (Fsp3) is 0.0455. The summed E-state index contributed by atoms with van der Waals surface area (Å²) >= 11 is 1.04. The van der Waals surface area contributed by atoms with Crippen molar-refractivity contribution >= 4 is 23.4 Å². The van der Waals surface area contributed by atoms with Crippen LogP contribution in [0.3, 0.4) is 0 Å². The third kappa shape index (κ3) is 4.61. The summed E-state index contributed by atoms with van der Waals surface area (Å²) in [7, 11) is 0. The van der Waals surface area contributed by atoms with Crippen LogP contribution >= 0.6 is 11.8 Å². The van der Waals surface area contributed by atoms with Crippen LogP contribution < -0.4 is 5.32 Å². The zero-order chi connectivity index (χ0) is 21.8. The number of amides is 1. The topological polar surface area (TPSA) is 59.8 Å². The quantitative estimate of drug-likeness (QED) is 0.425. The van der Waals surface area contributed by atoms with Gasteiger partial charge < -0.3 is 5.32 Å². The zero-order valence-corrected chi connectivity index (χ0v) is 16.7. The number of thioether (sulfide) groups is 1. The lowest BCUT2D eigenvalue weighted by atomic mass is 10.2. The predicted octanol–water partition coefficient (Wildman–Crippen LogP) is 5.08. The van der Waals surface area contributed by atoms with Crippen molar-refractivity contribution < 1.29 is 18.0 Å². The van der Waals surface area contributed by atoms with E-state index in [0.29, 0.717) is 10.8 Å². The van der Waals surface area contributed by atoms with Crippen molar-refractivity contribution in [1.29, 1.82) is 0 Å².